The van der Waals surface area contributed by atoms with Crippen molar-refractivity contribution in [2.24, 2.45) is 0 Å². The maximum Gasteiger partial charge on any atom is 0.303 e. The Morgan fingerprint density at radius 2 is 2.28 bits per heavy atom. The largest absolute Gasteiger partial charge is 0.481 e. The van der Waals surface area contributed by atoms with Gasteiger partial charge in [0.25, 0.3) is 0 Å². The van der Waals surface area contributed by atoms with Crippen LogP contribution in [0.1, 0.15) is 30.0 Å². The van der Waals surface area contributed by atoms with Crippen LogP contribution in [-0.2, 0) is 9.59 Å². The van der Waals surface area contributed by atoms with Crippen molar-refractivity contribution in [2.45, 2.75) is 25.8 Å². The van der Waals surface area contributed by atoms with Crippen LogP contribution in [0, 0.1) is 6.92 Å². The first-order valence-electron chi connectivity index (χ1n) is 5.94. The lowest BCUT2D eigenvalue weighted by molar-refractivity contribution is -0.137. The molecule has 1 heterocycles. The van der Waals surface area contributed by atoms with Crippen LogP contribution in [0.25, 0.3) is 0 Å². The Bertz CT molecular complexity index is 485. The van der Waals surface area contributed by atoms with Crippen molar-refractivity contribution in [3.8, 4) is 0 Å². The Hall–Kier alpha value is -1.88. The third-order valence-corrected chi connectivity index (χ3v) is 2.95. The maximum atomic E-state index is 11.8. The van der Waals surface area contributed by atoms with Gasteiger partial charge in [0.05, 0.1) is 0 Å². The molecule has 5 heteroatoms. The van der Waals surface area contributed by atoms with Crippen molar-refractivity contribution in [1.29, 1.82) is 0 Å². The number of aryl methyl sites for hydroxylation is 1. The highest BCUT2D eigenvalue weighted by Gasteiger charge is 2.29. The molecule has 96 valence electrons. The second-order valence-corrected chi connectivity index (χ2v) is 4.46. The number of carbonyl (C=O) groups is 2. The Labute approximate surface area is 105 Å². The summed E-state index contributed by atoms with van der Waals surface area (Å²) in [7, 11) is 0. The fraction of sp³-hybridized carbons (Fsp3) is 0.385. The molecule has 1 aliphatic rings. The second kappa shape index (κ2) is 5.18. The third-order valence-electron chi connectivity index (χ3n) is 2.95. The van der Waals surface area contributed by atoms with E-state index in [0.29, 0.717) is 13.0 Å². The van der Waals surface area contributed by atoms with E-state index >= 15 is 0 Å². The molecule has 0 spiro atoms. The second-order valence-electron chi connectivity index (χ2n) is 4.46. The summed E-state index contributed by atoms with van der Waals surface area (Å²) < 4.78 is 0. The molecule has 1 aromatic carbocycles. The minimum Gasteiger partial charge on any atom is -0.481 e. The molecule has 2 rings (SSSR count). The highest BCUT2D eigenvalue weighted by Crippen LogP contribution is 2.31. The topological polar surface area (TPSA) is 78.4 Å². The molecule has 0 aliphatic carbocycles. The van der Waals surface area contributed by atoms with E-state index in [0.717, 1.165) is 16.8 Å². The summed E-state index contributed by atoms with van der Waals surface area (Å²) in [5.41, 5.74) is 2.87. The zero-order valence-electron chi connectivity index (χ0n) is 10.2. The van der Waals surface area contributed by atoms with Crippen LogP contribution in [0.2, 0.25) is 0 Å². The third kappa shape index (κ3) is 2.68. The number of amides is 1. The van der Waals surface area contributed by atoms with E-state index in [1.807, 2.05) is 25.1 Å². The number of aliphatic carboxylic acids is 1. The molecule has 3 N–H and O–H groups in total. The van der Waals surface area contributed by atoms with Crippen LogP contribution in [0.3, 0.4) is 0 Å². The van der Waals surface area contributed by atoms with Crippen molar-refractivity contribution in [2.75, 3.05) is 11.9 Å². The quantitative estimate of drug-likeness (QED) is 0.689. The fourth-order valence-corrected chi connectivity index (χ4v) is 2.07. The van der Waals surface area contributed by atoms with Gasteiger partial charge in [-0.3, -0.25) is 9.59 Å². The molecule has 0 saturated heterocycles. The van der Waals surface area contributed by atoms with E-state index in [1.165, 1.54) is 0 Å². The van der Waals surface area contributed by atoms with Crippen LogP contribution in [-0.4, -0.2) is 23.5 Å². The van der Waals surface area contributed by atoms with Crippen molar-refractivity contribution < 1.29 is 14.7 Å². The molecular weight excluding hydrogens is 232 g/mol. The van der Waals surface area contributed by atoms with Gasteiger partial charge in [0.2, 0.25) is 5.91 Å². The minimum atomic E-state index is -0.816. The smallest absolute Gasteiger partial charge is 0.303 e. The van der Waals surface area contributed by atoms with Crippen molar-refractivity contribution in [3.05, 3.63) is 29.3 Å². The zero-order valence-corrected chi connectivity index (χ0v) is 10.2. The van der Waals surface area contributed by atoms with Crippen LogP contribution >= 0.6 is 0 Å². The molecule has 1 atom stereocenters. The van der Waals surface area contributed by atoms with Gasteiger partial charge in [-0.2, -0.15) is 0 Å². The molecule has 0 bridgehead atoms. The summed E-state index contributed by atoms with van der Waals surface area (Å²) in [5, 5.41) is 14.4. The average Bonchev–Trinajstić information content (AvgIpc) is 2.60. The highest BCUT2D eigenvalue weighted by atomic mass is 16.4. The maximum absolute atomic E-state index is 11.8. The van der Waals surface area contributed by atoms with Crippen molar-refractivity contribution >= 4 is 17.6 Å². The number of hydrogen-bond acceptors (Lipinski definition) is 3. The first-order chi connectivity index (χ1) is 8.58. The molecule has 0 radical (unpaired) electrons. The first-order valence-corrected chi connectivity index (χ1v) is 5.94. The van der Waals surface area contributed by atoms with E-state index in [9.17, 15) is 9.59 Å². The number of rotatable bonds is 5. The van der Waals surface area contributed by atoms with Gasteiger partial charge in [-0.25, -0.2) is 0 Å². The standard InChI is InChI=1S/C13H16N2O3/c1-8-4-5-10-9(7-8)12(13(18)15-10)14-6-2-3-11(16)17/h4-5,7,12,14H,2-3,6H2,1H3,(H,15,18)(H,16,17). The van der Waals surface area contributed by atoms with Gasteiger partial charge >= 0.3 is 5.97 Å². The van der Waals surface area contributed by atoms with Gasteiger partial charge in [0, 0.05) is 17.7 Å². The predicted octanol–water partition coefficient (Wildman–Crippen LogP) is 1.44. The van der Waals surface area contributed by atoms with Crippen LogP contribution in [0.15, 0.2) is 18.2 Å². The molecule has 0 saturated carbocycles. The van der Waals surface area contributed by atoms with Gasteiger partial charge in [-0.15, -0.1) is 0 Å². The molecule has 1 amide bonds. The number of fused-ring (bicyclic) bond motifs is 1. The first kappa shape index (κ1) is 12.6. The SMILES string of the molecule is Cc1ccc2c(c1)C(NCCCC(=O)O)C(=O)N2. The number of carboxylic acid groups (broad SMARTS) is 1. The Balaban J connectivity index is 1.99. The van der Waals surface area contributed by atoms with Crippen LogP contribution < -0.4 is 10.6 Å². The van der Waals surface area contributed by atoms with Crippen LogP contribution in [0.4, 0.5) is 5.69 Å². The Morgan fingerprint density at radius 3 is 3.00 bits per heavy atom. The number of anilines is 1. The molecule has 1 unspecified atom stereocenters. The molecular formula is C13H16N2O3. The molecule has 18 heavy (non-hydrogen) atoms. The monoisotopic (exact) mass is 248 g/mol. The normalized spacial score (nSPS) is 17.4. The zero-order chi connectivity index (χ0) is 13.1. The lowest BCUT2D eigenvalue weighted by Gasteiger charge is -2.11. The van der Waals surface area contributed by atoms with Crippen molar-refractivity contribution in [1.82, 2.24) is 5.32 Å². The Kier molecular flexibility index (Phi) is 3.62. The van der Waals surface area contributed by atoms with Gasteiger partial charge < -0.3 is 15.7 Å². The summed E-state index contributed by atoms with van der Waals surface area (Å²) in [5.74, 6) is -0.894. The predicted molar refractivity (Wildman–Crippen MR) is 67.4 cm³/mol. The van der Waals surface area contributed by atoms with Gasteiger partial charge in [-0.05, 0) is 26.0 Å². The molecule has 0 fully saturated rings. The number of nitrogens with one attached hydrogen (secondary N) is 2. The summed E-state index contributed by atoms with van der Waals surface area (Å²) >= 11 is 0. The molecule has 1 aromatic rings. The van der Waals surface area contributed by atoms with E-state index in [1.54, 1.807) is 0 Å². The van der Waals surface area contributed by atoms with E-state index in [4.69, 9.17) is 5.11 Å². The summed E-state index contributed by atoms with van der Waals surface area (Å²) in [6, 6.07) is 5.45. The van der Waals surface area contributed by atoms with E-state index < -0.39 is 5.97 Å². The Morgan fingerprint density at radius 1 is 1.50 bits per heavy atom. The average molecular weight is 248 g/mol. The number of carboxylic acids is 1. The molecule has 0 aromatic heterocycles. The summed E-state index contributed by atoms with van der Waals surface area (Å²) in [4.78, 5) is 22.2. The molecule has 5 nitrogen and oxygen atoms in total. The number of benzene rings is 1. The summed E-state index contributed by atoms with van der Waals surface area (Å²) in [6.07, 6.45) is 0.627. The highest BCUT2D eigenvalue weighted by molar-refractivity contribution is 6.02. The number of hydrogen-bond donors (Lipinski definition) is 3. The van der Waals surface area contributed by atoms with E-state index in [-0.39, 0.29) is 18.4 Å². The van der Waals surface area contributed by atoms with Gasteiger partial charge in [-0.1, -0.05) is 17.7 Å². The van der Waals surface area contributed by atoms with Crippen molar-refractivity contribution in [3.63, 3.8) is 0 Å². The van der Waals surface area contributed by atoms with Gasteiger partial charge in [0.1, 0.15) is 6.04 Å². The lowest BCUT2D eigenvalue weighted by Crippen LogP contribution is -2.28. The van der Waals surface area contributed by atoms with Crippen LogP contribution in [0.5, 0.6) is 0 Å². The minimum absolute atomic E-state index is 0.0778. The summed E-state index contributed by atoms with van der Waals surface area (Å²) in [6.45, 7) is 2.49. The lowest BCUT2D eigenvalue weighted by atomic mass is 10.1. The fourth-order valence-electron chi connectivity index (χ4n) is 2.07. The molecule has 1 aliphatic heterocycles. The van der Waals surface area contributed by atoms with Gasteiger partial charge in [0.15, 0.2) is 0 Å². The number of carbonyl (C=O) groups excluding carboxylic acids is 1. The van der Waals surface area contributed by atoms with E-state index in [2.05, 4.69) is 10.6 Å².